The minimum absolute atomic E-state index is 0.528. The van der Waals surface area contributed by atoms with Gasteiger partial charge in [0.25, 0.3) is 0 Å². The van der Waals surface area contributed by atoms with Crippen LogP contribution < -0.4 is 0 Å². The van der Waals surface area contributed by atoms with E-state index in [1.54, 1.807) is 6.26 Å². The standard InChI is InChI=1S/C9H14O3/c1-2-10-6-7-11-8-9-4-3-5-12-9/h3-5H,2,6-8H2,1H3. The first kappa shape index (κ1) is 9.29. The van der Waals surface area contributed by atoms with Gasteiger partial charge in [0, 0.05) is 6.61 Å². The van der Waals surface area contributed by atoms with E-state index in [1.165, 1.54) is 0 Å². The lowest BCUT2D eigenvalue weighted by molar-refractivity contribution is 0.0390. The Morgan fingerprint density at radius 3 is 2.83 bits per heavy atom. The van der Waals surface area contributed by atoms with Crippen molar-refractivity contribution in [3.8, 4) is 0 Å². The second kappa shape index (κ2) is 5.80. The van der Waals surface area contributed by atoms with E-state index in [0.717, 1.165) is 12.4 Å². The first-order chi connectivity index (χ1) is 5.93. The summed E-state index contributed by atoms with van der Waals surface area (Å²) in [6.07, 6.45) is 1.64. The average Bonchev–Trinajstić information content (AvgIpc) is 2.57. The predicted molar refractivity (Wildman–Crippen MR) is 44.9 cm³/mol. The van der Waals surface area contributed by atoms with Crippen molar-refractivity contribution in [1.82, 2.24) is 0 Å². The fourth-order valence-electron chi connectivity index (χ4n) is 0.830. The molecule has 12 heavy (non-hydrogen) atoms. The van der Waals surface area contributed by atoms with E-state index in [0.29, 0.717) is 19.8 Å². The van der Waals surface area contributed by atoms with Crippen LogP contribution in [0, 0.1) is 0 Å². The van der Waals surface area contributed by atoms with Crippen molar-refractivity contribution >= 4 is 0 Å². The summed E-state index contributed by atoms with van der Waals surface area (Å²) in [7, 11) is 0. The second-order valence-electron chi connectivity index (χ2n) is 2.33. The summed E-state index contributed by atoms with van der Waals surface area (Å²) in [5, 5.41) is 0. The van der Waals surface area contributed by atoms with Crippen molar-refractivity contribution in [3.05, 3.63) is 24.2 Å². The van der Waals surface area contributed by atoms with Crippen LogP contribution in [0.4, 0.5) is 0 Å². The minimum atomic E-state index is 0.528. The van der Waals surface area contributed by atoms with Crippen LogP contribution in [0.2, 0.25) is 0 Å². The molecule has 68 valence electrons. The molecule has 0 aliphatic carbocycles. The largest absolute Gasteiger partial charge is 0.467 e. The lowest BCUT2D eigenvalue weighted by atomic mass is 10.5. The van der Waals surface area contributed by atoms with Gasteiger partial charge in [-0.3, -0.25) is 0 Å². The highest BCUT2D eigenvalue weighted by Crippen LogP contribution is 2.00. The van der Waals surface area contributed by atoms with Crippen LogP contribution in [0.1, 0.15) is 12.7 Å². The summed E-state index contributed by atoms with van der Waals surface area (Å²) in [6.45, 7) is 4.50. The zero-order valence-electron chi connectivity index (χ0n) is 7.29. The number of rotatable bonds is 6. The summed E-state index contributed by atoms with van der Waals surface area (Å²) in [5.74, 6) is 0.853. The molecule has 0 aromatic carbocycles. The summed E-state index contributed by atoms with van der Waals surface area (Å²) in [5.41, 5.74) is 0. The Hall–Kier alpha value is -0.800. The number of furan rings is 1. The molecule has 1 aromatic rings. The van der Waals surface area contributed by atoms with Crippen molar-refractivity contribution < 1.29 is 13.9 Å². The Bertz CT molecular complexity index is 182. The third-order valence-corrected chi connectivity index (χ3v) is 1.40. The molecule has 0 saturated carbocycles. The molecule has 0 atom stereocenters. The zero-order chi connectivity index (χ0) is 8.65. The average molecular weight is 170 g/mol. The van der Waals surface area contributed by atoms with Crippen LogP contribution in [0.15, 0.2) is 22.8 Å². The van der Waals surface area contributed by atoms with Crippen molar-refractivity contribution in [3.63, 3.8) is 0 Å². The van der Waals surface area contributed by atoms with E-state index in [4.69, 9.17) is 13.9 Å². The molecule has 3 heteroatoms. The highest BCUT2D eigenvalue weighted by atomic mass is 16.5. The van der Waals surface area contributed by atoms with Gasteiger partial charge in [0.1, 0.15) is 12.4 Å². The molecular weight excluding hydrogens is 156 g/mol. The molecule has 0 radical (unpaired) electrons. The molecule has 0 spiro atoms. The van der Waals surface area contributed by atoms with E-state index < -0.39 is 0 Å². The normalized spacial score (nSPS) is 10.4. The van der Waals surface area contributed by atoms with E-state index in [2.05, 4.69) is 0 Å². The molecular formula is C9H14O3. The Morgan fingerprint density at radius 2 is 2.17 bits per heavy atom. The first-order valence-corrected chi connectivity index (χ1v) is 4.11. The minimum Gasteiger partial charge on any atom is -0.467 e. The summed E-state index contributed by atoms with van der Waals surface area (Å²) >= 11 is 0. The summed E-state index contributed by atoms with van der Waals surface area (Å²) < 4.78 is 15.4. The third kappa shape index (κ3) is 3.55. The van der Waals surface area contributed by atoms with Crippen LogP contribution in [-0.4, -0.2) is 19.8 Å². The van der Waals surface area contributed by atoms with Crippen molar-refractivity contribution in [1.29, 1.82) is 0 Å². The fraction of sp³-hybridized carbons (Fsp3) is 0.556. The molecule has 0 unspecified atom stereocenters. The van der Waals surface area contributed by atoms with Gasteiger partial charge >= 0.3 is 0 Å². The van der Waals surface area contributed by atoms with Gasteiger partial charge in [-0.05, 0) is 19.1 Å². The highest BCUT2D eigenvalue weighted by molar-refractivity contribution is 4.95. The molecule has 0 aliphatic heterocycles. The molecule has 0 aliphatic rings. The van der Waals surface area contributed by atoms with Crippen molar-refractivity contribution in [2.75, 3.05) is 19.8 Å². The predicted octanol–water partition coefficient (Wildman–Crippen LogP) is 1.83. The van der Waals surface area contributed by atoms with Gasteiger partial charge in [-0.25, -0.2) is 0 Å². The van der Waals surface area contributed by atoms with Gasteiger partial charge in [0.2, 0.25) is 0 Å². The Kier molecular flexibility index (Phi) is 4.49. The Labute approximate surface area is 72.3 Å². The van der Waals surface area contributed by atoms with Crippen LogP contribution in [0.25, 0.3) is 0 Å². The molecule has 3 nitrogen and oxygen atoms in total. The monoisotopic (exact) mass is 170 g/mol. The molecule has 0 fully saturated rings. The fourth-order valence-corrected chi connectivity index (χ4v) is 0.830. The van der Waals surface area contributed by atoms with E-state index in [-0.39, 0.29) is 0 Å². The lowest BCUT2D eigenvalue weighted by Gasteiger charge is -2.01. The van der Waals surface area contributed by atoms with E-state index in [9.17, 15) is 0 Å². The SMILES string of the molecule is CCOCCOCc1ccco1. The molecule has 1 aromatic heterocycles. The van der Waals surface area contributed by atoms with Crippen molar-refractivity contribution in [2.45, 2.75) is 13.5 Å². The van der Waals surface area contributed by atoms with Gasteiger partial charge in [-0.15, -0.1) is 0 Å². The maximum atomic E-state index is 5.26. The topological polar surface area (TPSA) is 31.6 Å². The van der Waals surface area contributed by atoms with Crippen LogP contribution in [-0.2, 0) is 16.1 Å². The van der Waals surface area contributed by atoms with Crippen LogP contribution >= 0.6 is 0 Å². The number of hydrogen-bond acceptors (Lipinski definition) is 3. The van der Waals surface area contributed by atoms with E-state index in [1.807, 2.05) is 19.1 Å². The number of hydrogen-bond donors (Lipinski definition) is 0. The lowest BCUT2D eigenvalue weighted by Crippen LogP contribution is -2.03. The third-order valence-electron chi connectivity index (χ3n) is 1.40. The maximum absolute atomic E-state index is 5.26. The summed E-state index contributed by atoms with van der Waals surface area (Å²) in [4.78, 5) is 0. The second-order valence-corrected chi connectivity index (χ2v) is 2.33. The number of ether oxygens (including phenoxy) is 2. The molecule has 0 N–H and O–H groups in total. The molecule has 0 bridgehead atoms. The van der Waals surface area contributed by atoms with Gasteiger partial charge < -0.3 is 13.9 Å². The van der Waals surface area contributed by atoms with Crippen LogP contribution in [0.5, 0.6) is 0 Å². The molecule has 0 saturated heterocycles. The molecule has 0 amide bonds. The quantitative estimate of drug-likeness (QED) is 0.610. The smallest absolute Gasteiger partial charge is 0.129 e. The van der Waals surface area contributed by atoms with Crippen molar-refractivity contribution in [2.24, 2.45) is 0 Å². The summed E-state index contributed by atoms with van der Waals surface area (Å²) in [6, 6.07) is 3.74. The van der Waals surface area contributed by atoms with Gasteiger partial charge in [-0.1, -0.05) is 0 Å². The van der Waals surface area contributed by atoms with E-state index >= 15 is 0 Å². The van der Waals surface area contributed by atoms with Gasteiger partial charge in [0.15, 0.2) is 0 Å². The van der Waals surface area contributed by atoms with Crippen LogP contribution in [0.3, 0.4) is 0 Å². The van der Waals surface area contributed by atoms with Gasteiger partial charge in [-0.2, -0.15) is 0 Å². The highest BCUT2D eigenvalue weighted by Gasteiger charge is 1.94. The molecule has 1 heterocycles. The maximum Gasteiger partial charge on any atom is 0.129 e. The first-order valence-electron chi connectivity index (χ1n) is 4.11. The zero-order valence-corrected chi connectivity index (χ0v) is 7.29. The molecule has 1 rings (SSSR count). The Balaban J connectivity index is 1.96. The Morgan fingerprint density at radius 1 is 1.33 bits per heavy atom. The van der Waals surface area contributed by atoms with Gasteiger partial charge in [0.05, 0.1) is 19.5 Å².